The van der Waals surface area contributed by atoms with Crippen LogP contribution in [0.15, 0.2) is 48.1 Å². The van der Waals surface area contributed by atoms with Crippen LogP contribution in [0, 0.1) is 11.8 Å². The number of rotatable bonds is 8. The molecule has 2 aromatic rings. The first-order valence-corrected chi connectivity index (χ1v) is 14.0. The molecule has 3 heterocycles. The van der Waals surface area contributed by atoms with Gasteiger partial charge in [-0.3, -0.25) is 19.7 Å². The number of hydrogen-bond donors (Lipinski definition) is 1. The molecule has 0 unspecified atom stereocenters. The molecule has 2 aliphatic rings. The van der Waals surface area contributed by atoms with E-state index < -0.39 is 21.9 Å². The van der Waals surface area contributed by atoms with Crippen LogP contribution in [0.1, 0.15) is 66.0 Å². The Morgan fingerprint density at radius 1 is 1.19 bits per heavy atom. The Morgan fingerprint density at radius 2 is 1.92 bits per heavy atom. The quantitative estimate of drug-likeness (QED) is 0.496. The number of halogens is 3. The minimum absolute atomic E-state index is 0.0145. The first-order valence-electron chi connectivity index (χ1n) is 12.4. The highest BCUT2D eigenvalue weighted by molar-refractivity contribution is 7.91. The van der Waals surface area contributed by atoms with E-state index in [-0.39, 0.29) is 47.9 Å². The van der Waals surface area contributed by atoms with Gasteiger partial charge < -0.3 is 5.32 Å². The van der Waals surface area contributed by atoms with E-state index in [1.807, 2.05) is 0 Å². The third-order valence-corrected chi connectivity index (χ3v) is 9.02. The van der Waals surface area contributed by atoms with Crippen molar-refractivity contribution in [2.24, 2.45) is 11.8 Å². The maximum Gasteiger partial charge on any atom is 0.391 e. The number of aromatic nitrogens is 2. The van der Waals surface area contributed by atoms with Gasteiger partial charge in [-0.1, -0.05) is 13.0 Å². The number of sulfone groups is 1. The van der Waals surface area contributed by atoms with Gasteiger partial charge in [0.1, 0.15) is 0 Å². The minimum atomic E-state index is -4.12. The number of carbonyl (C=O) groups excluding carboxylic acids is 1. The predicted octanol–water partition coefficient (Wildman–Crippen LogP) is 4.61. The zero-order valence-corrected chi connectivity index (χ0v) is 21.5. The van der Waals surface area contributed by atoms with Crippen molar-refractivity contribution >= 4 is 15.7 Å². The smallest absolute Gasteiger partial charge is 0.346 e. The van der Waals surface area contributed by atoms with Gasteiger partial charge in [0.25, 0.3) is 5.91 Å². The Kier molecular flexibility index (Phi) is 8.03. The lowest BCUT2D eigenvalue weighted by Gasteiger charge is -2.33. The standard InChI is InChI=1S/C26H31F3N4O3S/c1-3-23-24-19(16-33(23)15-17-5-7-20(8-6-17)26(27,28)29)11-18(12-31-24)25(34)32-13-21-9-10-22(14-30-21)37(35,36)4-2/h3,9-12,14,17,20,23H,1,4-8,13,15-16H2,2H3,(H,32,34)/t17-,20-,23-/m0/s1. The SMILES string of the molecule is C=C[C@H]1c2ncc(C(=O)NCc3ccc(S(=O)(=O)CC)cn3)cc2CN1C[C@H]1CC[C@H](C(F)(F)F)CC1. The number of amides is 1. The first-order chi connectivity index (χ1) is 17.5. The number of carbonyl (C=O) groups is 1. The molecule has 200 valence electrons. The molecule has 0 aromatic carbocycles. The summed E-state index contributed by atoms with van der Waals surface area (Å²) in [7, 11) is -3.34. The molecule has 1 amide bonds. The van der Waals surface area contributed by atoms with E-state index in [1.165, 1.54) is 18.5 Å². The Bertz CT molecular complexity index is 1240. The van der Waals surface area contributed by atoms with Gasteiger partial charge in [0.05, 0.1) is 46.1 Å². The van der Waals surface area contributed by atoms with Crippen molar-refractivity contribution in [3.63, 3.8) is 0 Å². The number of fused-ring (bicyclic) bond motifs is 1. The van der Waals surface area contributed by atoms with E-state index in [0.29, 0.717) is 37.2 Å². The zero-order valence-electron chi connectivity index (χ0n) is 20.7. The van der Waals surface area contributed by atoms with Gasteiger partial charge in [0.2, 0.25) is 0 Å². The van der Waals surface area contributed by atoms with E-state index in [2.05, 4.69) is 26.8 Å². The van der Waals surface area contributed by atoms with Crippen LogP contribution in [0.25, 0.3) is 0 Å². The fraction of sp³-hybridized carbons (Fsp3) is 0.500. The summed E-state index contributed by atoms with van der Waals surface area (Å²) in [5.41, 5.74) is 2.62. The van der Waals surface area contributed by atoms with Crippen LogP contribution in [0.5, 0.6) is 0 Å². The summed E-state index contributed by atoms with van der Waals surface area (Å²) >= 11 is 0. The van der Waals surface area contributed by atoms with Crippen molar-refractivity contribution in [3.05, 3.63) is 65.8 Å². The second kappa shape index (κ2) is 10.9. The molecule has 7 nitrogen and oxygen atoms in total. The number of hydrogen-bond acceptors (Lipinski definition) is 6. The molecular weight excluding hydrogens is 505 g/mol. The van der Waals surface area contributed by atoms with E-state index in [4.69, 9.17) is 0 Å². The van der Waals surface area contributed by atoms with Gasteiger partial charge in [-0.25, -0.2) is 8.42 Å². The van der Waals surface area contributed by atoms with Crippen molar-refractivity contribution < 1.29 is 26.4 Å². The summed E-state index contributed by atoms with van der Waals surface area (Å²) in [4.78, 5) is 23.7. The maximum atomic E-state index is 13.0. The lowest BCUT2D eigenvalue weighted by Crippen LogP contribution is -2.33. The molecular formula is C26H31F3N4O3S. The van der Waals surface area contributed by atoms with Gasteiger partial charge in [0, 0.05) is 25.5 Å². The molecule has 1 aliphatic carbocycles. The van der Waals surface area contributed by atoms with E-state index in [1.54, 1.807) is 25.1 Å². The van der Waals surface area contributed by atoms with E-state index in [0.717, 1.165) is 11.3 Å². The molecule has 0 spiro atoms. The van der Waals surface area contributed by atoms with Crippen LogP contribution in [-0.2, 0) is 22.9 Å². The summed E-state index contributed by atoms with van der Waals surface area (Å²) < 4.78 is 62.9. The van der Waals surface area contributed by atoms with Crippen LogP contribution >= 0.6 is 0 Å². The monoisotopic (exact) mass is 536 g/mol. The maximum absolute atomic E-state index is 13.0. The third-order valence-electron chi connectivity index (χ3n) is 7.30. The first kappa shape index (κ1) is 27.3. The molecule has 37 heavy (non-hydrogen) atoms. The van der Waals surface area contributed by atoms with Crippen molar-refractivity contribution in [2.45, 2.75) is 62.8 Å². The van der Waals surface area contributed by atoms with Gasteiger partial charge in [-0.05, 0) is 55.4 Å². The van der Waals surface area contributed by atoms with Gasteiger partial charge in [-0.2, -0.15) is 13.2 Å². The largest absolute Gasteiger partial charge is 0.391 e. The second-order valence-electron chi connectivity index (χ2n) is 9.71. The average Bonchev–Trinajstić information content (AvgIpc) is 3.23. The topological polar surface area (TPSA) is 92.3 Å². The summed E-state index contributed by atoms with van der Waals surface area (Å²) in [6.07, 6.45) is 1.89. The molecule has 1 fully saturated rings. The van der Waals surface area contributed by atoms with Crippen molar-refractivity contribution in [2.75, 3.05) is 12.3 Å². The van der Waals surface area contributed by atoms with Crippen LogP contribution in [0.2, 0.25) is 0 Å². The molecule has 0 bridgehead atoms. The summed E-state index contributed by atoms with van der Waals surface area (Å²) in [6.45, 7) is 6.83. The lowest BCUT2D eigenvalue weighted by molar-refractivity contribution is -0.184. The highest BCUT2D eigenvalue weighted by Gasteiger charge is 2.42. The fourth-order valence-electron chi connectivity index (χ4n) is 5.11. The fourth-order valence-corrected chi connectivity index (χ4v) is 5.93. The van der Waals surface area contributed by atoms with Gasteiger partial charge in [0.15, 0.2) is 9.84 Å². The summed E-state index contributed by atoms with van der Waals surface area (Å²) in [5, 5.41) is 2.78. The van der Waals surface area contributed by atoms with Crippen LogP contribution < -0.4 is 5.32 Å². The number of alkyl halides is 3. The Hall–Kier alpha value is -2.79. The molecule has 0 radical (unpaired) electrons. The molecule has 1 N–H and O–H groups in total. The third kappa shape index (κ3) is 6.20. The Balaban J connectivity index is 1.36. The molecule has 11 heteroatoms. The summed E-state index contributed by atoms with van der Waals surface area (Å²) in [5.74, 6) is -1.36. The second-order valence-corrected chi connectivity index (χ2v) is 12.0. The molecule has 1 aliphatic heterocycles. The van der Waals surface area contributed by atoms with Gasteiger partial charge in [-0.15, -0.1) is 6.58 Å². The van der Waals surface area contributed by atoms with Crippen LogP contribution in [-0.4, -0.2) is 47.7 Å². The van der Waals surface area contributed by atoms with Gasteiger partial charge >= 0.3 is 6.18 Å². The van der Waals surface area contributed by atoms with Crippen LogP contribution in [0.3, 0.4) is 0 Å². The predicted molar refractivity (Wildman–Crippen MR) is 132 cm³/mol. The minimum Gasteiger partial charge on any atom is -0.346 e. The number of nitrogens with one attached hydrogen (secondary N) is 1. The molecule has 0 saturated heterocycles. The Labute approximate surface area is 215 Å². The van der Waals surface area contributed by atoms with Crippen LogP contribution in [0.4, 0.5) is 13.2 Å². The Morgan fingerprint density at radius 3 is 2.51 bits per heavy atom. The highest BCUT2D eigenvalue weighted by Crippen LogP contribution is 2.41. The lowest BCUT2D eigenvalue weighted by atomic mass is 9.81. The zero-order chi connectivity index (χ0) is 26.8. The molecule has 1 atom stereocenters. The van der Waals surface area contributed by atoms with E-state index >= 15 is 0 Å². The normalized spacial score (nSPS) is 22.4. The molecule has 1 saturated carbocycles. The van der Waals surface area contributed by atoms with Crippen molar-refractivity contribution in [3.8, 4) is 0 Å². The van der Waals surface area contributed by atoms with E-state index in [9.17, 15) is 26.4 Å². The van der Waals surface area contributed by atoms with Crippen molar-refractivity contribution in [1.82, 2.24) is 20.2 Å². The molecule has 2 aromatic heterocycles. The van der Waals surface area contributed by atoms with Crippen molar-refractivity contribution in [1.29, 1.82) is 0 Å². The number of pyridine rings is 2. The average molecular weight is 537 g/mol. The molecule has 4 rings (SSSR count). The number of nitrogens with zero attached hydrogens (tertiary/aromatic N) is 3. The summed E-state index contributed by atoms with van der Waals surface area (Å²) in [6, 6.07) is 4.69. The highest BCUT2D eigenvalue weighted by atomic mass is 32.2.